The molecule has 19 heavy (non-hydrogen) atoms. The molecular weight excluding hydrogens is 262 g/mol. The number of carbonyl (C=O) groups is 1. The molecule has 1 amide bonds. The van der Waals surface area contributed by atoms with Gasteiger partial charge >= 0.3 is 6.09 Å². The highest BCUT2D eigenvalue weighted by atomic mass is 32.2. The maximum atomic E-state index is 11.3. The smallest absolute Gasteiger partial charge is 0.408 e. The first-order valence-electron chi connectivity index (χ1n) is 6.36. The Bertz CT molecular complexity index is 604. The Kier molecular flexibility index (Phi) is 3.33. The molecule has 1 unspecified atom stereocenters. The van der Waals surface area contributed by atoms with E-state index in [0.29, 0.717) is 6.54 Å². The van der Waals surface area contributed by atoms with E-state index in [4.69, 9.17) is 0 Å². The lowest BCUT2D eigenvalue weighted by Gasteiger charge is -2.39. The summed E-state index contributed by atoms with van der Waals surface area (Å²) in [5, 5.41) is 11.3. The van der Waals surface area contributed by atoms with Gasteiger partial charge in [0.25, 0.3) is 0 Å². The lowest BCUT2D eigenvalue weighted by Crippen LogP contribution is -2.50. The summed E-state index contributed by atoms with van der Waals surface area (Å²) in [6, 6.07) is 7.89. The lowest BCUT2D eigenvalue weighted by atomic mass is 10.1. The molecule has 1 aromatic rings. The monoisotopic (exact) mass is 277 g/mol. The van der Waals surface area contributed by atoms with Crippen molar-refractivity contribution in [2.45, 2.75) is 25.4 Å². The number of piperidine rings is 1. The molecule has 0 bridgehead atoms. The van der Waals surface area contributed by atoms with Crippen LogP contribution >= 0.6 is 12.1 Å². The molecule has 100 valence electrons. The fourth-order valence-corrected chi connectivity index (χ4v) is 3.31. The third-order valence-electron chi connectivity index (χ3n) is 3.45. The Labute approximate surface area is 115 Å². The topological polar surface area (TPSA) is 56.1 Å². The average molecular weight is 277 g/mol. The van der Waals surface area contributed by atoms with E-state index >= 15 is 0 Å². The van der Waals surface area contributed by atoms with Crippen LogP contribution in [0.1, 0.15) is 19.3 Å². The summed E-state index contributed by atoms with van der Waals surface area (Å²) in [6.07, 6.45) is 3.88. The van der Waals surface area contributed by atoms with E-state index in [1.165, 1.54) is 17.0 Å². The van der Waals surface area contributed by atoms with E-state index in [1.54, 1.807) is 0 Å². The Hall–Kier alpha value is -1.69. The van der Waals surface area contributed by atoms with Gasteiger partial charge in [0, 0.05) is 18.0 Å². The summed E-state index contributed by atoms with van der Waals surface area (Å²) in [7, 11) is 0. The van der Waals surface area contributed by atoms with Crippen LogP contribution in [-0.2, 0) is 0 Å². The number of benzene rings is 1. The molecule has 0 aromatic heterocycles. The highest BCUT2D eigenvalue weighted by Gasteiger charge is 2.31. The Balaban J connectivity index is 1.91. The molecule has 0 aliphatic carbocycles. The molecule has 2 aliphatic rings. The van der Waals surface area contributed by atoms with Crippen LogP contribution in [0.3, 0.4) is 0 Å². The molecule has 1 atom stereocenters. The molecule has 1 saturated heterocycles. The van der Waals surface area contributed by atoms with Gasteiger partial charge in [-0.1, -0.05) is 18.2 Å². The average Bonchev–Trinajstić information content (AvgIpc) is 2.46. The van der Waals surface area contributed by atoms with Gasteiger partial charge in [0.15, 0.2) is 0 Å². The van der Waals surface area contributed by atoms with E-state index in [9.17, 15) is 9.90 Å². The minimum atomic E-state index is -0.849. The molecule has 1 aromatic carbocycles. The predicted octanol–water partition coefficient (Wildman–Crippen LogP) is 1.41. The number of likely N-dealkylation sites (tertiary alicyclic amines) is 1. The summed E-state index contributed by atoms with van der Waals surface area (Å²) in [4.78, 5) is 12.8. The highest BCUT2D eigenvalue weighted by molar-refractivity contribution is 7.95. The van der Waals surface area contributed by atoms with Gasteiger partial charge in [-0.15, -0.1) is 0 Å². The molecule has 2 aliphatic heterocycles. The fraction of sp³-hybridized carbons (Fsp3) is 0.385. The lowest BCUT2D eigenvalue weighted by molar-refractivity contribution is 0.0807. The number of fused-ring (bicyclic) bond motifs is 1. The van der Waals surface area contributed by atoms with Crippen LogP contribution in [0, 0.1) is 0 Å². The molecule has 1 N–H and O–H groups in total. The predicted molar refractivity (Wildman–Crippen MR) is 73.5 cm³/mol. The van der Waals surface area contributed by atoms with Gasteiger partial charge in [-0.2, -0.15) is 4.40 Å². The third kappa shape index (κ3) is 2.40. The SMILES string of the molecule is O=C(O)N1CCCCC1N1C=c2ccccc2=NS1. The first kappa shape index (κ1) is 12.3. The third-order valence-corrected chi connectivity index (χ3v) is 4.26. The maximum Gasteiger partial charge on any atom is 0.408 e. The molecular formula is C13H15N3O2S. The quantitative estimate of drug-likeness (QED) is 0.789. The maximum absolute atomic E-state index is 11.3. The van der Waals surface area contributed by atoms with E-state index < -0.39 is 6.09 Å². The van der Waals surface area contributed by atoms with Crippen LogP contribution < -0.4 is 10.6 Å². The Morgan fingerprint density at radius 1 is 1.37 bits per heavy atom. The van der Waals surface area contributed by atoms with Crippen LogP contribution in [-0.4, -0.2) is 33.1 Å². The van der Waals surface area contributed by atoms with Crippen molar-refractivity contribution in [2.75, 3.05) is 6.54 Å². The van der Waals surface area contributed by atoms with Crippen molar-refractivity contribution >= 4 is 24.4 Å². The van der Waals surface area contributed by atoms with Crippen LogP contribution in [0.5, 0.6) is 0 Å². The zero-order valence-corrected chi connectivity index (χ0v) is 11.2. The molecule has 6 heteroatoms. The summed E-state index contributed by atoms with van der Waals surface area (Å²) in [6.45, 7) is 0.604. The van der Waals surface area contributed by atoms with Crippen molar-refractivity contribution in [3.63, 3.8) is 0 Å². The number of rotatable bonds is 1. The van der Waals surface area contributed by atoms with E-state index in [1.807, 2.05) is 34.8 Å². The Morgan fingerprint density at radius 3 is 3.05 bits per heavy atom. The van der Waals surface area contributed by atoms with Crippen molar-refractivity contribution < 1.29 is 9.90 Å². The van der Waals surface area contributed by atoms with Crippen LogP contribution in [0.2, 0.25) is 0 Å². The second-order valence-electron chi connectivity index (χ2n) is 4.67. The second kappa shape index (κ2) is 5.13. The van der Waals surface area contributed by atoms with Crippen molar-refractivity contribution in [3.05, 3.63) is 34.8 Å². The zero-order valence-electron chi connectivity index (χ0n) is 10.4. The summed E-state index contributed by atoms with van der Waals surface area (Å²) in [5.74, 6) is 0. The molecule has 3 rings (SSSR count). The highest BCUT2D eigenvalue weighted by Crippen LogP contribution is 2.27. The van der Waals surface area contributed by atoms with Gasteiger partial charge in [-0.3, -0.25) is 9.21 Å². The molecule has 1 fully saturated rings. The van der Waals surface area contributed by atoms with Gasteiger partial charge in [0.2, 0.25) is 0 Å². The van der Waals surface area contributed by atoms with Crippen molar-refractivity contribution in [3.8, 4) is 0 Å². The van der Waals surface area contributed by atoms with Crippen LogP contribution in [0.15, 0.2) is 28.7 Å². The molecule has 0 spiro atoms. The fourth-order valence-electron chi connectivity index (χ4n) is 2.47. The van der Waals surface area contributed by atoms with Crippen molar-refractivity contribution in [2.24, 2.45) is 4.40 Å². The number of nitrogens with zero attached hydrogens (tertiary/aromatic N) is 3. The van der Waals surface area contributed by atoms with Gasteiger partial charge in [-0.05, 0) is 25.3 Å². The van der Waals surface area contributed by atoms with E-state index in [0.717, 1.165) is 29.8 Å². The largest absolute Gasteiger partial charge is 0.465 e. The van der Waals surface area contributed by atoms with Crippen LogP contribution in [0.25, 0.3) is 6.20 Å². The summed E-state index contributed by atoms with van der Waals surface area (Å²) < 4.78 is 6.39. The summed E-state index contributed by atoms with van der Waals surface area (Å²) in [5.41, 5.74) is 0. The van der Waals surface area contributed by atoms with Gasteiger partial charge < -0.3 is 5.11 Å². The molecule has 5 nitrogen and oxygen atoms in total. The second-order valence-corrected chi connectivity index (χ2v) is 5.44. The number of carboxylic acid groups (broad SMARTS) is 1. The van der Waals surface area contributed by atoms with Crippen molar-refractivity contribution in [1.82, 2.24) is 9.21 Å². The molecule has 0 radical (unpaired) electrons. The first-order chi connectivity index (χ1) is 9.25. The number of amides is 1. The normalized spacial score (nSPS) is 22.2. The summed E-state index contributed by atoms with van der Waals surface area (Å²) >= 11 is 1.33. The Morgan fingerprint density at radius 2 is 2.21 bits per heavy atom. The van der Waals surface area contributed by atoms with E-state index in [-0.39, 0.29) is 6.17 Å². The molecule has 0 saturated carbocycles. The van der Waals surface area contributed by atoms with Gasteiger partial charge in [0.05, 0.1) is 17.5 Å². The molecule has 2 heterocycles. The number of hydrogen-bond acceptors (Lipinski definition) is 4. The van der Waals surface area contributed by atoms with E-state index in [2.05, 4.69) is 4.40 Å². The van der Waals surface area contributed by atoms with Gasteiger partial charge in [0.1, 0.15) is 6.17 Å². The van der Waals surface area contributed by atoms with Crippen LogP contribution in [0.4, 0.5) is 4.79 Å². The minimum absolute atomic E-state index is 0.117. The van der Waals surface area contributed by atoms with Gasteiger partial charge in [-0.25, -0.2) is 4.79 Å². The standard InChI is InChI=1S/C13H15N3O2S/c17-13(18)15-8-4-3-7-12(15)16-9-10-5-1-2-6-11(10)14-19-16/h1-2,5-6,9,12H,3-4,7-8H2,(H,17,18). The number of hydrogen-bond donors (Lipinski definition) is 1. The van der Waals surface area contributed by atoms with Crippen molar-refractivity contribution in [1.29, 1.82) is 0 Å². The first-order valence-corrected chi connectivity index (χ1v) is 7.09. The minimum Gasteiger partial charge on any atom is -0.465 e. The zero-order chi connectivity index (χ0) is 13.2.